The van der Waals surface area contributed by atoms with Crippen LogP contribution in [0.1, 0.15) is 43.5 Å². The van der Waals surface area contributed by atoms with Crippen molar-refractivity contribution < 1.29 is 14.7 Å². The number of phenols is 1. The van der Waals surface area contributed by atoms with Crippen molar-refractivity contribution in [3.8, 4) is 5.75 Å². The first kappa shape index (κ1) is 17.1. The topological polar surface area (TPSA) is 95.7 Å². The number of hydrogen-bond donors (Lipinski definition) is 3. The molecule has 1 saturated heterocycles. The highest BCUT2D eigenvalue weighted by molar-refractivity contribution is 5.99. The first-order valence-electron chi connectivity index (χ1n) is 8.04. The van der Waals surface area contributed by atoms with Gasteiger partial charge in [-0.25, -0.2) is 0 Å². The van der Waals surface area contributed by atoms with Gasteiger partial charge in [0.25, 0.3) is 5.91 Å². The van der Waals surface area contributed by atoms with Gasteiger partial charge in [-0.3, -0.25) is 9.59 Å². The maximum Gasteiger partial charge on any atom is 0.253 e. The van der Waals surface area contributed by atoms with E-state index in [4.69, 9.17) is 5.73 Å². The highest BCUT2D eigenvalue weighted by Crippen LogP contribution is 2.19. The molecule has 2 amide bonds. The Hall–Kier alpha value is -2.24. The molecule has 6 nitrogen and oxygen atoms in total. The number of piperidine rings is 1. The Kier molecular flexibility index (Phi) is 5.47. The second-order valence-corrected chi connectivity index (χ2v) is 6.50. The summed E-state index contributed by atoms with van der Waals surface area (Å²) in [5.74, 6) is 0.263. The van der Waals surface area contributed by atoms with Crippen LogP contribution in [0.3, 0.4) is 0 Å². The molecule has 1 aliphatic rings. The van der Waals surface area contributed by atoms with E-state index in [9.17, 15) is 14.7 Å². The van der Waals surface area contributed by atoms with Crippen LogP contribution < -0.4 is 11.1 Å². The number of carbonyl (C=O) groups excluding carboxylic acids is 2. The predicted octanol–water partition coefficient (Wildman–Crippen LogP) is 1.74. The predicted molar refractivity (Wildman–Crippen MR) is 89.0 cm³/mol. The molecule has 6 heteroatoms. The van der Waals surface area contributed by atoms with E-state index < -0.39 is 0 Å². The molecule has 0 bridgehead atoms. The van der Waals surface area contributed by atoms with Gasteiger partial charge in [0, 0.05) is 31.2 Å². The molecule has 0 unspecified atom stereocenters. The Morgan fingerprint density at radius 3 is 2.61 bits per heavy atom. The SMILES string of the molecule is CC(C)CC(=O)N1CCC(NC(=O)c2cc(O)ccc2N)CC1. The number of rotatable bonds is 4. The van der Waals surface area contributed by atoms with Gasteiger partial charge in [0.1, 0.15) is 5.75 Å². The van der Waals surface area contributed by atoms with Gasteiger partial charge >= 0.3 is 0 Å². The van der Waals surface area contributed by atoms with Gasteiger partial charge in [0.05, 0.1) is 5.56 Å². The first-order valence-corrected chi connectivity index (χ1v) is 8.04. The third-order valence-electron chi connectivity index (χ3n) is 4.05. The number of benzene rings is 1. The highest BCUT2D eigenvalue weighted by Gasteiger charge is 2.24. The molecule has 1 fully saturated rings. The van der Waals surface area contributed by atoms with E-state index in [0.717, 1.165) is 12.8 Å². The van der Waals surface area contributed by atoms with Gasteiger partial charge < -0.3 is 21.1 Å². The van der Waals surface area contributed by atoms with Crippen LogP contribution in [0.15, 0.2) is 18.2 Å². The molecule has 1 aromatic carbocycles. The molecule has 126 valence electrons. The number of amides is 2. The molecule has 0 aliphatic carbocycles. The Labute approximate surface area is 136 Å². The molecule has 1 aliphatic heterocycles. The second-order valence-electron chi connectivity index (χ2n) is 6.50. The minimum Gasteiger partial charge on any atom is -0.508 e. The summed E-state index contributed by atoms with van der Waals surface area (Å²) in [7, 11) is 0. The quantitative estimate of drug-likeness (QED) is 0.582. The standard InChI is InChI=1S/C17H25N3O3/c1-11(2)9-16(22)20-7-5-12(6-8-20)19-17(23)14-10-13(21)3-4-15(14)18/h3-4,10-12,21H,5-9,18H2,1-2H3,(H,19,23). The third-order valence-corrected chi connectivity index (χ3v) is 4.05. The maximum absolute atomic E-state index is 12.3. The Balaban J connectivity index is 1.88. The molecule has 0 atom stereocenters. The van der Waals surface area contributed by atoms with Crippen LogP contribution in [0.2, 0.25) is 0 Å². The van der Waals surface area contributed by atoms with Crippen LogP contribution in [0, 0.1) is 5.92 Å². The third kappa shape index (κ3) is 4.61. The van der Waals surface area contributed by atoms with E-state index in [-0.39, 0.29) is 29.2 Å². The van der Waals surface area contributed by atoms with Crippen LogP contribution in [0.4, 0.5) is 5.69 Å². The largest absolute Gasteiger partial charge is 0.508 e. The average Bonchev–Trinajstić information content (AvgIpc) is 2.49. The zero-order valence-corrected chi connectivity index (χ0v) is 13.7. The molecule has 4 N–H and O–H groups in total. The second kappa shape index (κ2) is 7.35. The monoisotopic (exact) mass is 319 g/mol. The molecule has 0 aromatic heterocycles. The Morgan fingerprint density at radius 2 is 2.00 bits per heavy atom. The summed E-state index contributed by atoms with van der Waals surface area (Å²) in [6.07, 6.45) is 2.03. The van der Waals surface area contributed by atoms with Crippen molar-refractivity contribution in [1.29, 1.82) is 0 Å². The summed E-state index contributed by atoms with van der Waals surface area (Å²) in [6.45, 7) is 5.38. The number of phenolic OH excluding ortho intramolecular Hbond substituents is 1. The lowest BCUT2D eigenvalue weighted by atomic mass is 10.0. The molecule has 0 saturated carbocycles. The molecule has 2 rings (SSSR count). The van der Waals surface area contributed by atoms with Gasteiger partial charge in [0.2, 0.25) is 5.91 Å². The number of carbonyl (C=O) groups is 2. The van der Waals surface area contributed by atoms with Gasteiger partial charge in [-0.05, 0) is 37.0 Å². The number of nitrogen functional groups attached to an aromatic ring is 1. The van der Waals surface area contributed by atoms with Crippen molar-refractivity contribution in [3.63, 3.8) is 0 Å². The summed E-state index contributed by atoms with van der Waals surface area (Å²) < 4.78 is 0. The number of nitrogens with one attached hydrogen (secondary N) is 1. The molecule has 23 heavy (non-hydrogen) atoms. The number of anilines is 1. The van der Waals surface area contributed by atoms with Crippen LogP contribution in [0.25, 0.3) is 0 Å². The summed E-state index contributed by atoms with van der Waals surface area (Å²) in [5.41, 5.74) is 6.40. The smallest absolute Gasteiger partial charge is 0.253 e. The van der Waals surface area contributed by atoms with Crippen molar-refractivity contribution in [3.05, 3.63) is 23.8 Å². The number of likely N-dealkylation sites (tertiary alicyclic amines) is 1. The lowest BCUT2D eigenvalue weighted by molar-refractivity contribution is -0.133. The van der Waals surface area contributed by atoms with Crippen molar-refractivity contribution in [2.75, 3.05) is 18.8 Å². The van der Waals surface area contributed by atoms with Gasteiger partial charge in [-0.2, -0.15) is 0 Å². The van der Waals surface area contributed by atoms with Crippen LogP contribution >= 0.6 is 0 Å². The molecule has 0 radical (unpaired) electrons. The molecule has 1 aromatic rings. The van der Waals surface area contributed by atoms with E-state index in [0.29, 0.717) is 31.1 Å². The average molecular weight is 319 g/mol. The molecular formula is C17H25N3O3. The van der Waals surface area contributed by atoms with Crippen molar-refractivity contribution in [2.24, 2.45) is 5.92 Å². The summed E-state index contributed by atoms with van der Waals surface area (Å²) >= 11 is 0. The van der Waals surface area contributed by atoms with E-state index >= 15 is 0 Å². The zero-order valence-electron chi connectivity index (χ0n) is 13.7. The summed E-state index contributed by atoms with van der Waals surface area (Å²) in [6, 6.07) is 4.35. The lowest BCUT2D eigenvalue weighted by Crippen LogP contribution is -2.46. The minimum absolute atomic E-state index is 0.0125. The van der Waals surface area contributed by atoms with E-state index in [2.05, 4.69) is 5.32 Å². The van der Waals surface area contributed by atoms with Crippen molar-refractivity contribution >= 4 is 17.5 Å². The fraction of sp³-hybridized carbons (Fsp3) is 0.529. The molecule has 1 heterocycles. The van der Waals surface area contributed by atoms with Crippen LogP contribution in [0.5, 0.6) is 5.75 Å². The fourth-order valence-corrected chi connectivity index (χ4v) is 2.76. The van der Waals surface area contributed by atoms with Crippen molar-refractivity contribution in [2.45, 2.75) is 39.2 Å². The fourth-order valence-electron chi connectivity index (χ4n) is 2.76. The summed E-state index contributed by atoms with van der Waals surface area (Å²) in [5, 5.41) is 12.4. The number of hydrogen-bond acceptors (Lipinski definition) is 4. The Bertz CT molecular complexity index is 578. The molecule has 0 spiro atoms. The van der Waals surface area contributed by atoms with Crippen molar-refractivity contribution in [1.82, 2.24) is 10.2 Å². The van der Waals surface area contributed by atoms with Crippen LogP contribution in [-0.2, 0) is 4.79 Å². The van der Waals surface area contributed by atoms with Crippen LogP contribution in [-0.4, -0.2) is 41.0 Å². The van der Waals surface area contributed by atoms with Gasteiger partial charge in [-0.15, -0.1) is 0 Å². The summed E-state index contributed by atoms with van der Waals surface area (Å²) in [4.78, 5) is 26.2. The van der Waals surface area contributed by atoms with E-state index in [1.807, 2.05) is 18.7 Å². The number of nitrogens with zero attached hydrogens (tertiary/aromatic N) is 1. The van der Waals surface area contributed by atoms with E-state index in [1.165, 1.54) is 18.2 Å². The van der Waals surface area contributed by atoms with Gasteiger partial charge in [0.15, 0.2) is 0 Å². The first-order chi connectivity index (χ1) is 10.9. The Morgan fingerprint density at radius 1 is 1.35 bits per heavy atom. The highest BCUT2D eigenvalue weighted by atomic mass is 16.3. The minimum atomic E-state index is -0.287. The van der Waals surface area contributed by atoms with E-state index in [1.54, 1.807) is 0 Å². The maximum atomic E-state index is 12.3. The normalized spacial score (nSPS) is 15.7. The lowest BCUT2D eigenvalue weighted by Gasteiger charge is -2.33. The number of aromatic hydroxyl groups is 1. The molecular weight excluding hydrogens is 294 g/mol. The van der Waals surface area contributed by atoms with Gasteiger partial charge in [-0.1, -0.05) is 13.8 Å². The number of nitrogens with two attached hydrogens (primary N) is 1. The zero-order chi connectivity index (χ0) is 17.0.